The van der Waals surface area contributed by atoms with Crippen molar-refractivity contribution in [2.45, 2.75) is 16.3 Å². The maximum atomic E-state index is 12.1. The van der Waals surface area contributed by atoms with E-state index >= 15 is 0 Å². The van der Waals surface area contributed by atoms with E-state index in [1.54, 1.807) is 24.4 Å². The highest BCUT2D eigenvalue weighted by molar-refractivity contribution is 7.90. The summed E-state index contributed by atoms with van der Waals surface area (Å²) in [5, 5.41) is 0. The minimum absolute atomic E-state index is 0.00540. The molecule has 2 aromatic rings. The first-order chi connectivity index (χ1) is 9.79. The molecule has 2 rings (SSSR count). The van der Waals surface area contributed by atoms with Gasteiger partial charge in [-0.05, 0) is 36.4 Å². The lowest BCUT2D eigenvalue weighted by Gasteiger charge is -2.07. The second-order valence-electron chi connectivity index (χ2n) is 4.39. The molecule has 1 N–H and O–H groups in total. The Morgan fingerprint density at radius 2 is 1.57 bits per heavy atom. The zero-order chi connectivity index (χ0) is 15.5. The van der Waals surface area contributed by atoms with Crippen molar-refractivity contribution in [3.63, 3.8) is 0 Å². The number of benzene rings is 1. The van der Waals surface area contributed by atoms with Crippen molar-refractivity contribution in [2.75, 3.05) is 6.26 Å². The molecule has 0 aliphatic heterocycles. The Balaban J connectivity index is 2.16. The lowest BCUT2D eigenvalue weighted by atomic mass is 10.4. The molecule has 0 aliphatic carbocycles. The molecule has 0 unspecified atom stereocenters. The standard InChI is InChI=1S/C13H14N2O4S2/c1-20(16,17)12-5-7-13(8-6-12)21(18,19)15-10-11-4-2-3-9-14-11/h2-9,15H,10H2,1H3. The van der Waals surface area contributed by atoms with E-state index in [0.717, 1.165) is 6.26 Å². The van der Waals surface area contributed by atoms with E-state index < -0.39 is 19.9 Å². The summed E-state index contributed by atoms with van der Waals surface area (Å²) < 4.78 is 49.2. The summed E-state index contributed by atoms with van der Waals surface area (Å²) in [7, 11) is -7.05. The Kier molecular flexibility index (Phi) is 4.40. The third-order valence-electron chi connectivity index (χ3n) is 2.73. The Hall–Kier alpha value is -1.77. The fourth-order valence-electron chi connectivity index (χ4n) is 1.62. The second-order valence-corrected chi connectivity index (χ2v) is 8.17. The molecule has 6 nitrogen and oxygen atoms in total. The third kappa shape index (κ3) is 4.10. The van der Waals surface area contributed by atoms with Crippen molar-refractivity contribution < 1.29 is 16.8 Å². The van der Waals surface area contributed by atoms with Gasteiger partial charge in [-0.1, -0.05) is 6.07 Å². The number of rotatable bonds is 5. The molecule has 0 saturated heterocycles. The lowest BCUT2D eigenvalue weighted by Crippen LogP contribution is -2.23. The summed E-state index contributed by atoms with van der Waals surface area (Å²) in [6.07, 6.45) is 2.64. The van der Waals surface area contributed by atoms with Gasteiger partial charge < -0.3 is 0 Å². The predicted octanol–water partition coefficient (Wildman–Crippen LogP) is 0.964. The Morgan fingerprint density at radius 1 is 0.952 bits per heavy atom. The zero-order valence-corrected chi connectivity index (χ0v) is 12.9. The van der Waals surface area contributed by atoms with Crippen LogP contribution in [0.2, 0.25) is 0 Å². The number of sulfonamides is 1. The Morgan fingerprint density at radius 3 is 2.10 bits per heavy atom. The van der Waals surface area contributed by atoms with Crippen LogP contribution < -0.4 is 4.72 Å². The number of pyridine rings is 1. The third-order valence-corrected chi connectivity index (χ3v) is 5.28. The highest BCUT2D eigenvalue weighted by Crippen LogP contribution is 2.14. The fraction of sp³-hybridized carbons (Fsp3) is 0.154. The van der Waals surface area contributed by atoms with Crippen LogP contribution >= 0.6 is 0 Å². The van der Waals surface area contributed by atoms with Crippen molar-refractivity contribution >= 4 is 19.9 Å². The van der Waals surface area contributed by atoms with Crippen LogP contribution in [-0.2, 0) is 26.4 Å². The first-order valence-corrected chi connectivity index (χ1v) is 9.36. The Bertz CT molecular complexity index is 814. The van der Waals surface area contributed by atoms with Crippen LogP contribution in [0.3, 0.4) is 0 Å². The van der Waals surface area contributed by atoms with Gasteiger partial charge in [0.2, 0.25) is 10.0 Å². The molecule has 1 heterocycles. The van der Waals surface area contributed by atoms with Gasteiger partial charge >= 0.3 is 0 Å². The molecule has 0 spiro atoms. The molecule has 0 radical (unpaired) electrons. The van der Waals surface area contributed by atoms with E-state index in [4.69, 9.17) is 0 Å². The molecule has 0 aliphatic rings. The molecular weight excluding hydrogens is 312 g/mol. The quantitative estimate of drug-likeness (QED) is 0.883. The molecule has 0 saturated carbocycles. The van der Waals surface area contributed by atoms with Gasteiger partial charge in [0.15, 0.2) is 9.84 Å². The number of aromatic nitrogens is 1. The van der Waals surface area contributed by atoms with Crippen molar-refractivity contribution in [2.24, 2.45) is 0 Å². The molecule has 0 atom stereocenters. The van der Waals surface area contributed by atoms with Gasteiger partial charge in [0.1, 0.15) is 0 Å². The molecule has 1 aromatic heterocycles. The van der Waals surface area contributed by atoms with E-state index in [-0.39, 0.29) is 16.3 Å². The average Bonchev–Trinajstić information content (AvgIpc) is 2.46. The van der Waals surface area contributed by atoms with Crippen LogP contribution in [0, 0.1) is 0 Å². The van der Waals surface area contributed by atoms with Crippen molar-refractivity contribution in [1.82, 2.24) is 9.71 Å². The van der Waals surface area contributed by atoms with Crippen molar-refractivity contribution in [3.8, 4) is 0 Å². The summed E-state index contributed by atoms with van der Waals surface area (Å²) in [6.45, 7) is 0.0665. The van der Waals surface area contributed by atoms with Crippen LogP contribution in [0.1, 0.15) is 5.69 Å². The van der Waals surface area contributed by atoms with Gasteiger partial charge in [-0.25, -0.2) is 21.6 Å². The molecule has 1 aromatic carbocycles. The first kappa shape index (κ1) is 15.6. The van der Waals surface area contributed by atoms with E-state index in [1.165, 1.54) is 24.3 Å². The molecule has 21 heavy (non-hydrogen) atoms. The lowest BCUT2D eigenvalue weighted by molar-refractivity contribution is 0.579. The zero-order valence-electron chi connectivity index (χ0n) is 11.2. The van der Waals surface area contributed by atoms with Crippen LogP contribution in [0.25, 0.3) is 0 Å². The second kappa shape index (κ2) is 5.92. The predicted molar refractivity (Wildman–Crippen MR) is 77.8 cm³/mol. The smallest absolute Gasteiger partial charge is 0.240 e. The molecule has 0 bridgehead atoms. The number of nitrogens with one attached hydrogen (secondary N) is 1. The van der Waals surface area contributed by atoms with Gasteiger partial charge in [0.05, 0.1) is 22.0 Å². The largest absolute Gasteiger partial charge is 0.260 e. The average molecular weight is 326 g/mol. The minimum atomic E-state index is -3.71. The summed E-state index contributed by atoms with van der Waals surface area (Å²) in [5.41, 5.74) is 0.592. The van der Waals surface area contributed by atoms with Gasteiger partial charge in [-0.3, -0.25) is 4.98 Å². The summed E-state index contributed by atoms with van der Waals surface area (Å²) in [6, 6.07) is 10.3. The van der Waals surface area contributed by atoms with Gasteiger partial charge in [-0.15, -0.1) is 0 Å². The van der Waals surface area contributed by atoms with E-state index in [2.05, 4.69) is 9.71 Å². The topological polar surface area (TPSA) is 93.2 Å². The van der Waals surface area contributed by atoms with E-state index in [1.807, 2.05) is 0 Å². The minimum Gasteiger partial charge on any atom is -0.260 e. The molecule has 112 valence electrons. The van der Waals surface area contributed by atoms with Crippen LogP contribution in [-0.4, -0.2) is 28.1 Å². The maximum Gasteiger partial charge on any atom is 0.240 e. The normalized spacial score (nSPS) is 12.2. The van der Waals surface area contributed by atoms with Crippen LogP contribution in [0.4, 0.5) is 0 Å². The molecule has 8 heteroatoms. The van der Waals surface area contributed by atoms with Gasteiger partial charge in [-0.2, -0.15) is 0 Å². The SMILES string of the molecule is CS(=O)(=O)c1ccc(S(=O)(=O)NCc2ccccn2)cc1. The highest BCUT2D eigenvalue weighted by Gasteiger charge is 2.15. The molecule has 0 amide bonds. The molecule has 0 fully saturated rings. The number of hydrogen-bond donors (Lipinski definition) is 1. The highest BCUT2D eigenvalue weighted by atomic mass is 32.2. The molecular formula is C13H14N2O4S2. The van der Waals surface area contributed by atoms with Gasteiger partial charge in [0.25, 0.3) is 0 Å². The summed E-state index contributed by atoms with van der Waals surface area (Å²) in [5.74, 6) is 0. The van der Waals surface area contributed by atoms with Crippen LogP contribution in [0.5, 0.6) is 0 Å². The fourth-order valence-corrected chi connectivity index (χ4v) is 3.25. The van der Waals surface area contributed by atoms with Crippen LogP contribution in [0.15, 0.2) is 58.5 Å². The number of hydrogen-bond acceptors (Lipinski definition) is 5. The Labute approximate surface area is 123 Å². The van der Waals surface area contributed by atoms with Gasteiger partial charge in [0, 0.05) is 12.5 Å². The monoisotopic (exact) mass is 326 g/mol. The first-order valence-electron chi connectivity index (χ1n) is 5.99. The van der Waals surface area contributed by atoms with Crippen molar-refractivity contribution in [3.05, 3.63) is 54.4 Å². The van der Waals surface area contributed by atoms with E-state index in [9.17, 15) is 16.8 Å². The summed E-state index contributed by atoms with van der Waals surface area (Å²) >= 11 is 0. The number of sulfone groups is 1. The van der Waals surface area contributed by atoms with Crippen molar-refractivity contribution in [1.29, 1.82) is 0 Å². The summed E-state index contributed by atoms with van der Waals surface area (Å²) in [4.78, 5) is 4.10. The maximum absolute atomic E-state index is 12.1. The van der Waals surface area contributed by atoms with E-state index in [0.29, 0.717) is 5.69 Å². The number of nitrogens with zero attached hydrogens (tertiary/aromatic N) is 1.